The predicted octanol–water partition coefficient (Wildman–Crippen LogP) is 0.823. The minimum atomic E-state index is -3.02. The van der Waals surface area contributed by atoms with Crippen molar-refractivity contribution in [2.75, 3.05) is 0 Å². The van der Waals surface area contributed by atoms with Crippen LogP contribution in [0, 0.1) is 0 Å². The van der Waals surface area contributed by atoms with Crippen molar-refractivity contribution in [1.82, 2.24) is 0 Å². The molecule has 0 saturated heterocycles. The molecule has 0 radical (unpaired) electrons. The van der Waals surface area contributed by atoms with Crippen LogP contribution in [0.15, 0.2) is 30.6 Å². The van der Waals surface area contributed by atoms with Gasteiger partial charge in [0.1, 0.15) is 0 Å². The lowest BCUT2D eigenvalue weighted by Crippen LogP contribution is -2.37. The van der Waals surface area contributed by atoms with E-state index in [1.54, 1.807) is 23.9 Å². The molecule has 1 N–H and O–H groups in total. The molecular formula is C7H11NO4P+. The second kappa shape index (κ2) is 5.09. The van der Waals surface area contributed by atoms with Crippen molar-refractivity contribution in [3.8, 4) is 0 Å². The summed E-state index contributed by atoms with van der Waals surface area (Å²) in [5, 5.41) is 0. The minimum absolute atomic E-state index is 0.428. The number of nitrogens with zero attached hydrogens (tertiary/aromatic N) is 1. The van der Waals surface area contributed by atoms with Crippen LogP contribution in [0.1, 0.15) is 13.2 Å². The quantitative estimate of drug-likeness (QED) is 0.341. The van der Waals surface area contributed by atoms with Crippen LogP contribution in [0.4, 0.5) is 0 Å². The fourth-order valence-electron chi connectivity index (χ4n) is 0.815. The van der Waals surface area contributed by atoms with E-state index in [-0.39, 0.29) is 0 Å². The van der Waals surface area contributed by atoms with Crippen LogP contribution < -0.4 is 4.57 Å². The molecule has 6 heteroatoms. The van der Waals surface area contributed by atoms with Crippen molar-refractivity contribution in [2.45, 2.75) is 13.2 Å². The van der Waals surface area contributed by atoms with E-state index >= 15 is 0 Å². The highest BCUT2D eigenvalue weighted by Crippen LogP contribution is 2.17. The zero-order valence-corrected chi connectivity index (χ0v) is 8.08. The molecule has 0 aromatic carbocycles. The second-order valence-electron chi connectivity index (χ2n) is 2.37. The molecule has 0 bridgehead atoms. The van der Waals surface area contributed by atoms with E-state index in [4.69, 9.17) is 4.89 Å². The Morgan fingerprint density at radius 1 is 1.38 bits per heavy atom. The van der Waals surface area contributed by atoms with Gasteiger partial charge in [0.25, 0.3) is 6.23 Å². The summed E-state index contributed by atoms with van der Waals surface area (Å²) in [5.41, 5.74) is 0. The van der Waals surface area contributed by atoms with E-state index in [0.717, 1.165) is 0 Å². The Kier molecular flexibility index (Phi) is 4.05. The van der Waals surface area contributed by atoms with Crippen molar-refractivity contribution in [1.29, 1.82) is 0 Å². The van der Waals surface area contributed by atoms with Crippen molar-refractivity contribution >= 4 is 8.25 Å². The highest BCUT2D eigenvalue weighted by atomic mass is 31.1. The van der Waals surface area contributed by atoms with Crippen LogP contribution >= 0.6 is 8.25 Å². The summed E-state index contributed by atoms with van der Waals surface area (Å²) in [4.78, 5) is 13.0. The van der Waals surface area contributed by atoms with Crippen LogP contribution in [0.2, 0.25) is 0 Å². The minimum Gasteiger partial charge on any atom is -0.325 e. The van der Waals surface area contributed by atoms with E-state index < -0.39 is 14.5 Å². The monoisotopic (exact) mass is 204 g/mol. The van der Waals surface area contributed by atoms with Crippen molar-refractivity contribution in [2.24, 2.45) is 0 Å². The molecule has 0 spiro atoms. The normalized spacial score (nSPS) is 15.2. The smallest absolute Gasteiger partial charge is 0.325 e. The summed E-state index contributed by atoms with van der Waals surface area (Å²) >= 11 is 0. The molecule has 0 amide bonds. The maximum Gasteiger partial charge on any atom is 0.344 e. The van der Waals surface area contributed by atoms with E-state index in [9.17, 15) is 4.57 Å². The summed E-state index contributed by atoms with van der Waals surface area (Å²) in [6.07, 6.45) is 3.10. The lowest BCUT2D eigenvalue weighted by atomic mass is 10.5. The van der Waals surface area contributed by atoms with Gasteiger partial charge in [-0.25, -0.2) is 0 Å². The molecule has 13 heavy (non-hydrogen) atoms. The molecule has 0 saturated carbocycles. The molecule has 2 atom stereocenters. The third-order valence-corrected chi connectivity index (χ3v) is 1.66. The maximum atomic E-state index is 10.2. The number of aromatic nitrogens is 1. The van der Waals surface area contributed by atoms with Crippen LogP contribution in [-0.2, 0) is 14.1 Å². The summed E-state index contributed by atoms with van der Waals surface area (Å²) in [6, 6.07) is 5.50. The number of hydrogen-bond acceptors (Lipinski definition) is 3. The highest BCUT2D eigenvalue weighted by molar-refractivity contribution is 7.31. The first-order valence-electron chi connectivity index (χ1n) is 3.72. The maximum absolute atomic E-state index is 10.2. The molecule has 0 fully saturated rings. The van der Waals surface area contributed by atoms with Crippen LogP contribution in [0.3, 0.4) is 0 Å². The number of pyridine rings is 1. The Balaban J connectivity index is 2.49. The predicted molar refractivity (Wildman–Crippen MR) is 44.7 cm³/mol. The van der Waals surface area contributed by atoms with Gasteiger partial charge in [-0.05, 0) is 0 Å². The molecule has 1 rings (SSSR count). The Morgan fingerprint density at radius 2 is 2.00 bits per heavy atom. The summed E-state index contributed by atoms with van der Waals surface area (Å²) < 4.78 is 16.0. The third kappa shape index (κ3) is 3.65. The van der Waals surface area contributed by atoms with Crippen LogP contribution in [-0.4, -0.2) is 4.89 Å². The van der Waals surface area contributed by atoms with Gasteiger partial charge in [-0.2, -0.15) is 9.45 Å². The SMILES string of the molecule is CC(OO[PH](=O)O)[n+]1ccccc1. The summed E-state index contributed by atoms with van der Waals surface area (Å²) in [7, 11) is -3.02. The van der Waals surface area contributed by atoms with Gasteiger partial charge in [0.15, 0.2) is 12.4 Å². The molecule has 1 aromatic rings. The van der Waals surface area contributed by atoms with Gasteiger partial charge < -0.3 is 4.89 Å². The lowest BCUT2D eigenvalue weighted by Gasteiger charge is -2.04. The lowest BCUT2D eigenvalue weighted by molar-refractivity contribution is -0.777. The first-order chi connectivity index (χ1) is 6.20. The standard InChI is InChI=1S/C7H10NO4P/c1-7(11-12-13(9)10)8-5-3-2-4-6-8/h2-7,13H,1H3/p+1. The van der Waals surface area contributed by atoms with Gasteiger partial charge in [-0.1, -0.05) is 6.07 Å². The average Bonchev–Trinajstić information content (AvgIpc) is 2.15. The van der Waals surface area contributed by atoms with Gasteiger partial charge in [0.2, 0.25) is 0 Å². The molecule has 1 heterocycles. The van der Waals surface area contributed by atoms with E-state index in [2.05, 4.69) is 9.56 Å². The van der Waals surface area contributed by atoms with Gasteiger partial charge >= 0.3 is 8.25 Å². The van der Waals surface area contributed by atoms with Gasteiger partial charge in [-0.15, -0.1) is 4.67 Å². The van der Waals surface area contributed by atoms with E-state index in [1.165, 1.54) is 0 Å². The third-order valence-electron chi connectivity index (χ3n) is 1.42. The van der Waals surface area contributed by atoms with E-state index in [0.29, 0.717) is 0 Å². The molecule has 0 aliphatic carbocycles. The topological polar surface area (TPSA) is 59.6 Å². The molecule has 1 aromatic heterocycles. The Morgan fingerprint density at radius 3 is 2.54 bits per heavy atom. The van der Waals surface area contributed by atoms with Gasteiger partial charge in [0, 0.05) is 19.1 Å². The summed E-state index contributed by atoms with van der Waals surface area (Å²) in [5.74, 6) is 0. The van der Waals surface area contributed by atoms with Gasteiger partial charge in [0.05, 0.1) is 0 Å². The number of hydrogen-bond donors (Lipinski definition) is 1. The average molecular weight is 204 g/mol. The zero-order valence-electron chi connectivity index (χ0n) is 7.08. The molecule has 72 valence electrons. The largest absolute Gasteiger partial charge is 0.344 e. The van der Waals surface area contributed by atoms with Crippen molar-refractivity contribution in [3.05, 3.63) is 30.6 Å². The van der Waals surface area contributed by atoms with Gasteiger partial charge in [-0.3, -0.25) is 4.57 Å². The Labute approximate surface area is 76.4 Å². The van der Waals surface area contributed by atoms with Crippen molar-refractivity contribution in [3.63, 3.8) is 0 Å². The molecular weight excluding hydrogens is 193 g/mol. The molecule has 0 aliphatic rings. The first-order valence-corrected chi connectivity index (χ1v) is 4.98. The first kappa shape index (κ1) is 10.3. The van der Waals surface area contributed by atoms with Crippen LogP contribution in [0.25, 0.3) is 0 Å². The van der Waals surface area contributed by atoms with Crippen molar-refractivity contribution < 1.29 is 23.6 Å². The zero-order chi connectivity index (χ0) is 9.68. The van der Waals surface area contributed by atoms with Crippen LogP contribution in [0.5, 0.6) is 0 Å². The second-order valence-corrected chi connectivity index (χ2v) is 3.07. The Hall–Kier alpha value is -0.740. The fraction of sp³-hybridized carbons (Fsp3) is 0.286. The molecule has 2 unspecified atom stereocenters. The molecule has 5 nitrogen and oxygen atoms in total. The molecule has 0 aliphatic heterocycles. The summed E-state index contributed by atoms with van der Waals surface area (Å²) in [6.45, 7) is 1.70. The van der Waals surface area contributed by atoms with E-state index in [1.807, 2.05) is 18.2 Å². The fourth-order valence-corrected chi connectivity index (χ4v) is 1.04. The Bertz CT molecular complexity index is 279. The number of rotatable bonds is 4. The highest BCUT2D eigenvalue weighted by Gasteiger charge is 2.12.